The van der Waals surface area contributed by atoms with Gasteiger partial charge in [0.05, 0.1) is 35.7 Å². The number of ether oxygens (including phenoxy) is 3. The van der Waals surface area contributed by atoms with Crippen LogP contribution in [0.2, 0.25) is 0 Å². The van der Waals surface area contributed by atoms with Crippen molar-refractivity contribution in [1.82, 2.24) is 25.2 Å². The molecule has 6 aliphatic rings. The minimum Gasteiger partial charge on any atom is -0.497 e. The first-order chi connectivity index (χ1) is 27.1. The predicted molar refractivity (Wildman–Crippen MR) is 207 cm³/mol. The van der Waals surface area contributed by atoms with Crippen LogP contribution in [0.4, 0.5) is 9.18 Å². The molecule has 1 aromatic carbocycles. The van der Waals surface area contributed by atoms with Crippen molar-refractivity contribution in [2.45, 2.75) is 144 Å². The second kappa shape index (κ2) is 14.4. The number of aromatic nitrogens is 1. The molecule has 0 bridgehead atoms. The number of alkyl halides is 1. The molecule has 16 heteroatoms. The highest BCUT2D eigenvalue weighted by atomic mass is 32.2. The number of sulfonamides is 1. The molecule has 8 rings (SSSR count). The molecule has 4 fully saturated rings. The van der Waals surface area contributed by atoms with Crippen molar-refractivity contribution < 1.29 is 46.2 Å². The van der Waals surface area contributed by atoms with Gasteiger partial charge in [-0.05, 0) is 90.3 Å². The van der Waals surface area contributed by atoms with E-state index in [-0.39, 0.29) is 38.1 Å². The lowest BCUT2D eigenvalue weighted by Crippen LogP contribution is -2.58. The van der Waals surface area contributed by atoms with E-state index in [9.17, 15) is 27.6 Å². The smallest absolute Gasteiger partial charge is 0.408 e. The molecule has 0 radical (unpaired) electrons. The van der Waals surface area contributed by atoms with E-state index >= 15 is 4.39 Å². The molecule has 1 spiro atoms. The van der Waals surface area contributed by atoms with Crippen LogP contribution < -0.4 is 24.8 Å². The van der Waals surface area contributed by atoms with Crippen LogP contribution in [0.15, 0.2) is 30.4 Å². The largest absolute Gasteiger partial charge is 0.497 e. The number of methoxy groups -OCH3 is 1. The maximum absolute atomic E-state index is 17.0. The number of halogens is 1. The molecule has 4 amide bonds. The normalized spacial score (nSPS) is 31.4. The average Bonchev–Trinajstić information content (AvgIpc) is 4.09. The Morgan fingerprint density at radius 3 is 2.56 bits per heavy atom. The van der Waals surface area contributed by atoms with E-state index in [2.05, 4.69) is 15.4 Å². The minimum absolute atomic E-state index is 0.0670. The Morgan fingerprint density at radius 2 is 1.86 bits per heavy atom. The third-order valence-corrected chi connectivity index (χ3v) is 14.8. The van der Waals surface area contributed by atoms with Gasteiger partial charge in [-0.25, -0.2) is 22.6 Å². The van der Waals surface area contributed by atoms with Gasteiger partial charge in [0.1, 0.15) is 40.9 Å². The van der Waals surface area contributed by atoms with E-state index in [4.69, 9.17) is 19.2 Å². The lowest BCUT2D eigenvalue weighted by molar-refractivity contribution is -0.141. The number of fused-ring (bicyclic) bond motifs is 5. The molecule has 3 aliphatic carbocycles. The molecule has 14 nitrogen and oxygen atoms in total. The van der Waals surface area contributed by atoms with Crippen LogP contribution in [0.25, 0.3) is 10.9 Å². The van der Waals surface area contributed by atoms with Crippen molar-refractivity contribution in [1.29, 1.82) is 0 Å². The topological polar surface area (TPSA) is 182 Å². The number of carbonyl (C=O) groups is 4. The fourth-order valence-electron chi connectivity index (χ4n) is 8.73. The van der Waals surface area contributed by atoms with Crippen LogP contribution >= 0.6 is 0 Å². The Kier molecular flexibility index (Phi) is 9.96. The van der Waals surface area contributed by atoms with Crippen molar-refractivity contribution in [3.8, 4) is 11.5 Å². The quantitative estimate of drug-likeness (QED) is 0.317. The van der Waals surface area contributed by atoms with Gasteiger partial charge in [-0.2, -0.15) is 0 Å². The summed E-state index contributed by atoms with van der Waals surface area (Å²) in [6.07, 6.45) is 6.39. The number of nitrogens with zero attached hydrogens (tertiary/aromatic N) is 2. The summed E-state index contributed by atoms with van der Waals surface area (Å²) in [6.45, 7) is 4.78. The van der Waals surface area contributed by atoms with Gasteiger partial charge in [0.2, 0.25) is 21.8 Å². The molecule has 1 aromatic heterocycles. The summed E-state index contributed by atoms with van der Waals surface area (Å²) in [5.74, 6) is -1.68. The maximum Gasteiger partial charge on any atom is 0.408 e. The lowest BCUT2D eigenvalue weighted by atomic mass is 9.85. The summed E-state index contributed by atoms with van der Waals surface area (Å²) in [5.41, 5.74) is -1.35. The first kappa shape index (κ1) is 39.4. The third-order valence-electron chi connectivity index (χ3n) is 12.6. The molecule has 308 valence electrons. The number of nitrogens with one attached hydrogen (secondary N) is 3. The van der Waals surface area contributed by atoms with Crippen molar-refractivity contribution in [3.05, 3.63) is 41.6 Å². The highest BCUT2D eigenvalue weighted by Crippen LogP contribution is 2.55. The first-order valence-corrected chi connectivity index (χ1v) is 21.7. The summed E-state index contributed by atoms with van der Waals surface area (Å²) in [4.78, 5) is 62.7. The molecule has 57 heavy (non-hydrogen) atoms. The summed E-state index contributed by atoms with van der Waals surface area (Å²) < 4.78 is 62.4. The Bertz CT molecular complexity index is 2140. The predicted octanol–water partition coefficient (Wildman–Crippen LogP) is 5.15. The maximum atomic E-state index is 17.0. The Balaban J connectivity index is 1.17. The fourth-order valence-corrected chi connectivity index (χ4v) is 10.0. The number of hydrogen-bond donors (Lipinski definition) is 3. The van der Waals surface area contributed by atoms with E-state index in [1.807, 2.05) is 12.2 Å². The molecule has 6 atom stereocenters. The van der Waals surface area contributed by atoms with Crippen LogP contribution in [0.3, 0.4) is 0 Å². The molecule has 3 aliphatic heterocycles. The van der Waals surface area contributed by atoms with Gasteiger partial charge in [0.25, 0.3) is 5.91 Å². The average molecular weight is 810 g/mol. The summed E-state index contributed by atoms with van der Waals surface area (Å²) in [7, 11) is -2.50. The van der Waals surface area contributed by atoms with Crippen molar-refractivity contribution in [3.63, 3.8) is 0 Å². The standard InChI is InChI=1S/C41H52FN5O9S/c1-23(2)55-38(51)44-30-11-9-7-5-6-8-10-25-19-41(25,37(50)46-57(52,53)39(3)16-17-39)45-35(48)31-21-40(22-47(31)36(30)49)20-28(42)32-27-18-26(54-4)14-15-29(27)43-33(24-12-13-24)34(32)56-40/h8,10,14-15,18,23-25,28,30-31H,5-7,9,11-13,16-17,19-22H2,1-4H3,(H,44,51)(H,45,48)(H,46,50)/b10-8-/t25-,28-,30+,31+,40-,41-/m1/s1. The first-order valence-electron chi connectivity index (χ1n) is 20.3. The highest BCUT2D eigenvalue weighted by Gasteiger charge is 2.64. The van der Waals surface area contributed by atoms with Gasteiger partial charge >= 0.3 is 6.09 Å². The summed E-state index contributed by atoms with van der Waals surface area (Å²) >= 11 is 0. The van der Waals surface area contributed by atoms with Crippen LogP contribution in [0.5, 0.6) is 11.5 Å². The number of allylic oxidation sites excluding steroid dienone is 1. The van der Waals surface area contributed by atoms with Crippen molar-refractivity contribution in [2.75, 3.05) is 13.7 Å². The minimum atomic E-state index is -4.03. The Morgan fingerprint density at radius 1 is 1.09 bits per heavy atom. The van der Waals surface area contributed by atoms with E-state index in [1.165, 1.54) is 12.0 Å². The molecule has 3 saturated carbocycles. The number of carbonyl (C=O) groups excluding carboxylic acids is 4. The van der Waals surface area contributed by atoms with Gasteiger partial charge < -0.3 is 29.7 Å². The van der Waals surface area contributed by atoms with Crippen LogP contribution in [0.1, 0.15) is 121 Å². The molecule has 4 heterocycles. The van der Waals surface area contributed by atoms with E-state index in [1.54, 1.807) is 39.0 Å². The van der Waals surface area contributed by atoms with Gasteiger partial charge in [-0.1, -0.05) is 25.0 Å². The van der Waals surface area contributed by atoms with E-state index < -0.39 is 80.0 Å². The molecule has 2 aromatic rings. The number of rotatable bonds is 7. The van der Waals surface area contributed by atoms with Crippen LogP contribution in [-0.4, -0.2) is 89.8 Å². The number of pyridine rings is 1. The molecule has 3 N–H and O–H groups in total. The lowest BCUT2D eigenvalue weighted by Gasteiger charge is -2.38. The van der Waals surface area contributed by atoms with E-state index in [0.717, 1.165) is 25.7 Å². The van der Waals surface area contributed by atoms with Crippen LogP contribution in [-0.2, 0) is 29.1 Å². The Labute approximate surface area is 332 Å². The summed E-state index contributed by atoms with van der Waals surface area (Å²) in [6, 6.07) is 2.98. The second-order valence-electron chi connectivity index (χ2n) is 17.4. The molecular formula is C41H52FN5O9S. The van der Waals surface area contributed by atoms with Crippen LogP contribution in [0, 0.1) is 5.92 Å². The number of alkyl carbamates (subject to hydrolysis) is 1. The van der Waals surface area contributed by atoms with Crippen molar-refractivity contribution in [2.24, 2.45) is 5.92 Å². The number of hydrogen-bond acceptors (Lipinski definition) is 10. The Hall–Kier alpha value is -4.47. The molecule has 1 saturated heterocycles. The summed E-state index contributed by atoms with van der Waals surface area (Å²) in [5, 5.41) is 6.16. The number of amides is 4. The molecular weight excluding hydrogens is 758 g/mol. The highest BCUT2D eigenvalue weighted by molar-refractivity contribution is 7.91. The van der Waals surface area contributed by atoms with Gasteiger partial charge in [-0.15, -0.1) is 0 Å². The van der Waals surface area contributed by atoms with Gasteiger partial charge in [0.15, 0.2) is 0 Å². The SMILES string of the molecule is COc1ccc2nc(C3CC3)c3c(c2c1)[C@H](F)C[C@]1(C[C@H]2C(=O)N[C@]4(C(=O)NS(=O)(=O)C5(C)CC5)C[C@H]4/C=C\CCCCC[C@H](NC(=O)OC(C)C)C(=O)N2C1)O3. The monoisotopic (exact) mass is 809 g/mol. The van der Waals surface area contributed by atoms with Crippen molar-refractivity contribution >= 4 is 44.7 Å². The third kappa shape index (κ3) is 7.42. The van der Waals surface area contributed by atoms with Gasteiger partial charge in [0, 0.05) is 35.6 Å². The van der Waals surface area contributed by atoms with E-state index in [0.29, 0.717) is 59.3 Å². The number of benzene rings is 1. The zero-order valence-corrected chi connectivity index (χ0v) is 33.7. The zero-order valence-electron chi connectivity index (χ0n) is 32.9. The molecule has 0 unspecified atom stereocenters. The van der Waals surface area contributed by atoms with Gasteiger partial charge in [-0.3, -0.25) is 19.1 Å². The fraction of sp³-hybridized carbons (Fsp3) is 0.634. The second-order valence-corrected chi connectivity index (χ2v) is 19.6. The zero-order chi connectivity index (χ0) is 40.5.